The van der Waals surface area contributed by atoms with E-state index in [-0.39, 0.29) is 0 Å². The smallest absolute Gasteiger partial charge is 0.0406 e. The minimum Gasteiger partial charge on any atom is -0.307 e. The van der Waals surface area contributed by atoms with Gasteiger partial charge in [-0.15, -0.1) is 0 Å². The fraction of sp³-hybridized carbons (Fsp3) is 0.647. The summed E-state index contributed by atoms with van der Waals surface area (Å²) >= 11 is 5.94. The van der Waals surface area contributed by atoms with Crippen LogP contribution < -0.4 is 5.32 Å². The van der Waals surface area contributed by atoms with E-state index in [9.17, 15) is 0 Å². The fourth-order valence-electron chi connectivity index (χ4n) is 3.03. The molecule has 1 aliphatic carbocycles. The SMILES string of the molecule is CC(NC1CCCC(C)(C)CC1)c1ccc(Cl)cc1. The molecule has 1 aliphatic rings. The van der Waals surface area contributed by atoms with Gasteiger partial charge in [0.15, 0.2) is 0 Å². The highest BCUT2D eigenvalue weighted by atomic mass is 35.5. The van der Waals surface area contributed by atoms with Crippen molar-refractivity contribution in [3.05, 3.63) is 34.9 Å². The summed E-state index contributed by atoms with van der Waals surface area (Å²) < 4.78 is 0. The minimum absolute atomic E-state index is 0.406. The Morgan fingerprint density at radius 3 is 2.53 bits per heavy atom. The highest BCUT2D eigenvalue weighted by molar-refractivity contribution is 6.30. The predicted octanol–water partition coefficient (Wildman–Crippen LogP) is 5.35. The lowest BCUT2D eigenvalue weighted by Gasteiger charge is -2.24. The third-order valence-corrected chi connectivity index (χ3v) is 4.68. The van der Waals surface area contributed by atoms with E-state index in [0.717, 1.165) is 5.02 Å². The summed E-state index contributed by atoms with van der Waals surface area (Å²) in [6.07, 6.45) is 6.64. The molecule has 2 heteroatoms. The molecule has 2 rings (SSSR count). The third kappa shape index (κ3) is 4.50. The molecule has 1 nitrogen and oxygen atoms in total. The molecule has 0 saturated heterocycles. The van der Waals surface area contributed by atoms with Gasteiger partial charge in [-0.3, -0.25) is 0 Å². The number of halogens is 1. The largest absolute Gasteiger partial charge is 0.307 e. The molecule has 2 unspecified atom stereocenters. The lowest BCUT2D eigenvalue weighted by atomic mass is 9.85. The van der Waals surface area contributed by atoms with Gasteiger partial charge in [0, 0.05) is 17.1 Å². The first-order chi connectivity index (χ1) is 8.96. The summed E-state index contributed by atoms with van der Waals surface area (Å²) in [5.74, 6) is 0. The fourth-order valence-corrected chi connectivity index (χ4v) is 3.16. The molecule has 1 saturated carbocycles. The molecule has 19 heavy (non-hydrogen) atoms. The Labute approximate surface area is 122 Å². The predicted molar refractivity (Wildman–Crippen MR) is 83.7 cm³/mol. The summed E-state index contributed by atoms with van der Waals surface area (Å²) in [5, 5.41) is 4.60. The van der Waals surface area contributed by atoms with Crippen LogP contribution in [0.4, 0.5) is 0 Å². The summed E-state index contributed by atoms with van der Waals surface area (Å²) in [5.41, 5.74) is 1.85. The zero-order chi connectivity index (χ0) is 13.9. The van der Waals surface area contributed by atoms with Gasteiger partial charge in [0.05, 0.1) is 0 Å². The number of rotatable bonds is 3. The minimum atomic E-state index is 0.406. The molecule has 1 aromatic carbocycles. The van der Waals surface area contributed by atoms with Crippen LogP contribution in [0.3, 0.4) is 0 Å². The molecule has 0 bridgehead atoms. The van der Waals surface area contributed by atoms with E-state index in [2.05, 4.69) is 38.2 Å². The van der Waals surface area contributed by atoms with Crippen molar-refractivity contribution in [2.24, 2.45) is 5.41 Å². The average Bonchev–Trinajstić information content (AvgIpc) is 2.52. The molecular weight excluding hydrogens is 254 g/mol. The van der Waals surface area contributed by atoms with E-state index in [1.807, 2.05) is 12.1 Å². The van der Waals surface area contributed by atoms with Crippen molar-refractivity contribution in [1.82, 2.24) is 5.32 Å². The van der Waals surface area contributed by atoms with Crippen molar-refractivity contribution < 1.29 is 0 Å². The molecule has 2 atom stereocenters. The molecule has 1 aromatic rings. The second-order valence-electron chi connectivity index (χ2n) is 6.73. The van der Waals surface area contributed by atoms with E-state index in [1.165, 1.54) is 37.7 Å². The maximum absolute atomic E-state index is 5.94. The normalized spacial score (nSPS) is 24.7. The van der Waals surface area contributed by atoms with Crippen LogP contribution in [0.5, 0.6) is 0 Å². The Kier molecular flexibility index (Phi) is 4.92. The second-order valence-corrected chi connectivity index (χ2v) is 7.17. The first-order valence-electron chi connectivity index (χ1n) is 7.48. The van der Waals surface area contributed by atoms with Crippen LogP contribution in [0.25, 0.3) is 0 Å². The highest BCUT2D eigenvalue weighted by Gasteiger charge is 2.24. The van der Waals surface area contributed by atoms with Crippen molar-refractivity contribution >= 4 is 11.6 Å². The zero-order valence-electron chi connectivity index (χ0n) is 12.4. The monoisotopic (exact) mass is 279 g/mol. The summed E-state index contributed by atoms with van der Waals surface area (Å²) in [6, 6.07) is 9.27. The number of hydrogen-bond acceptors (Lipinski definition) is 1. The summed E-state index contributed by atoms with van der Waals surface area (Å²) in [7, 11) is 0. The number of hydrogen-bond donors (Lipinski definition) is 1. The van der Waals surface area contributed by atoms with Crippen molar-refractivity contribution in [2.75, 3.05) is 0 Å². The van der Waals surface area contributed by atoms with Crippen LogP contribution in [0.1, 0.15) is 64.5 Å². The van der Waals surface area contributed by atoms with Crippen molar-refractivity contribution in [2.45, 2.75) is 65.0 Å². The van der Waals surface area contributed by atoms with Gasteiger partial charge >= 0.3 is 0 Å². The van der Waals surface area contributed by atoms with Gasteiger partial charge in [-0.25, -0.2) is 0 Å². The molecule has 0 amide bonds. The summed E-state index contributed by atoms with van der Waals surface area (Å²) in [4.78, 5) is 0. The Hall–Kier alpha value is -0.530. The van der Waals surface area contributed by atoms with Crippen LogP contribution in [0.15, 0.2) is 24.3 Å². The molecule has 0 heterocycles. The molecule has 106 valence electrons. The first-order valence-corrected chi connectivity index (χ1v) is 7.86. The van der Waals surface area contributed by atoms with Crippen LogP contribution in [-0.4, -0.2) is 6.04 Å². The van der Waals surface area contributed by atoms with E-state index in [1.54, 1.807) is 0 Å². The lowest BCUT2D eigenvalue weighted by molar-refractivity contribution is 0.307. The average molecular weight is 280 g/mol. The highest BCUT2D eigenvalue weighted by Crippen LogP contribution is 2.34. The van der Waals surface area contributed by atoms with E-state index < -0.39 is 0 Å². The summed E-state index contributed by atoms with van der Waals surface area (Å²) in [6.45, 7) is 7.05. The molecule has 0 radical (unpaired) electrons. The van der Waals surface area contributed by atoms with Gasteiger partial charge in [-0.1, -0.05) is 44.0 Å². The van der Waals surface area contributed by atoms with Gasteiger partial charge in [0.25, 0.3) is 0 Å². The maximum Gasteiger partial charge on any atom is 0.0406 e. The quantitative estimate of drug-likeness (QED) is 0.736. The second kappa shape index (κ2) is 6.28. The van der Waals surface area contributed by atoms with Gasteiger partial charge in [-0.05, 0) is 55.7 Å². The van der Waals surface area contributed by atoms with E-state index in [0.29, 0.717) is 17.5 Å². The van der Waals surface area contributed by atoms with Crippen molar-refractivity contribution in [3.8, 4) is 0 Å². The topological polar surface area (TPSA) is 12.0 Å². The Bertz CT molecular complexity index is 396. The molecule has 0 aliphatic heterocycles. The van der Waals surface area contributed by atoms with Crippen molar-refractivity contribution in [3.63, 3.8) is 0 Å². The van der Waals surface area contributed by atoms with Gasteiger partial charge in [0.1, 0.15) is 0 Å². The van der Waals surface area contributed by atoms with Crippen molar-refractivity contribution in [1.29, 1.82) is 0 Å². The standard InChI is InChI=1S/C17H26ClN/c1-13(14-6-8-15(18)9-7-14)19-16-5-4-11-17(2,3)12-10-16/h6-9,13,16,19H,4-5,10-12H2,1-3H3. The molecule has 0 spiro atoms. The lowest BCUT2D eigenvalue weighted by Crippen LogP contribution is -2.31. The van der Waals surface area contributed by atoms with Crippen LogP contribution in [0.2, 0.25) is 5.02 Å². The molecule has 1 N–H and O–H groups in total. The molecule has 1 fully saturated rings. The van der Waals surface area contributed by atoms with Gasteiger partial charge in [0.2, 0.25) is 0 Å². The molecular formula is C17H26ClN. The number of benzene rings is 1. The maximum atomic E-state index is 5.94. The van der Waals surface area contributed by atoms with Crippen LogP contribution in [-0.2, 0) is 0 Å². The number of nitrogens with one attached hydrogen (secondary N) is 1. The van der Waals surface area contributed by atoms with E-state index in [4.69, 9.17) is 11.6 Å². The van der Waals surface area contributed by atoms with Crippen LogP contribution >= 0.6 is 11.6 Å². The van der Waals surface area contributed by atoms with Crippen LogP contribution in [0, 0.1) is 5.41 Å². The van der Waals surface area contributed by atoms with E-state index >= 15 is 0 Å². The Balaban J connectivity index is 1.91. The van der Waals surface area contributed by atoms with Gasteiger partial charge in [-0.2, -0.15) is 0 Å². The Morgan fingerprint density at radius 2 is 1.84 bits per heavy atom. The zero-order valence-corrected chi connectivity index (χ0v) is 13.1. The third-order valence-electron chi connectivity index (χ3n) is 4.43. The first kappa shape index (κ1) is 14.9. The molecule has 0 aromatic heterocycles. The van der Waals surface area contributed by atoms with Gasteiger partial charge < -0.3 is 5.32 Å². The Morgan fingerprint density at radius 1 is 1.16 bits per heavy atom.